The normalized spacial score (nSPS) is 13.4. The molecule has 1 aromatic heterocycles. The van der Waals surface area contributed by atoms with Crippen molar-refractivity contribution in [3.8, 4) is 0 Å². The molecule has 1 atom stereocenters. The van der Waals surface area contributed by atoms with Gasteiger partial charge < -0.3 is 15.7 Å². The number of nitrogen functional groups attached to an aromatic ring is 1. The van der Waals surface area contributed by atoms with Gasteiger partial charge in [0, 0.05) is 41.1 Å². The van der Waals surface area contributed by atoms with Gasteiger partial charge in [-0.15, -0.1) is 0 Å². The fourth-order valence-electron chi connectivity index (χ4n) is 2.08. The highest BCUT2D eigenvalue weighted by Crippen LogP contribution is 2.20. The summed E-state index contributed by atoms with van der Waals surface area (Å²) >= 11 is 0. The van der Waals surface area contributed by atoms with E-state index in [2.05, 4.69) is 9.97 Å². The zero-order valence-electron chi connectivity index (χ0n) is 13.8. The summed E-state index contributed by atoms with van der Waals surface area (Å²) < 4.78 is 12.3. The molecule has 128 valence electrons. The molecule has 8 heteroatoms. The van der Waals surface area contributed by atoms with E-state index in [1.54, 1.807) is 20.0 Å². The number of nitrogens with zero attached hydrogens (tertiary/aromatic N) is 3. The molecule has 0 bridgehead atoms. The molecule has 3 N–H and O–H groups in total. The molecule has 1 rings (SSSR count). The van der Waals surface area contributed by atoms with Gasteiger partial charge >= 0.3 is 0 Å². The van der Waals surface area contributed by atoms with E-state index in [0.29, 0.717) is 40.0 Å². The van der Waals surface area contributed by atoms with Crippen LogP contribution in [0.4, 0.5) is 5.82 Å². The van der Waals surface area contributed by atoms with Crippen LogP contribution < -0.4 is 5.73 Å². The zero-order valence-corrected chi connectivity index (χ0v) is 14.6. The molecule has 0 aliphatic heterocycles. The Morgan fingerprint density at radius 1 is 1.52 bits per heavy atom. The number of rotatable bonds is 9. The Balaban J connectivity index is 3.11. The summed E-state index contributed by atoms with van der Waals surface area (Å²) in [6.07, 6.45) is 3.27. The van der Waals surface area contributed by atoms with Gasteiger partial charge in [-0.3, -0.25) is 9.00 Å². The van der Waals surface area contributed by atoms with Crippen molar-refractivity contribution in [3.63, 3.8) is 0 Å². The van der Waals surface area contributed by atoms with Crippen LogP contribution in [0.15, 0.2) is 16.8 Å². The Bertz CT molecular complexity index is 604. The van der Waals surface area contributed by atoms with Gasteiger partial charge in [0.05, 0.1) is 17.3 Å². The molecule has 1 unspecified atom stereocenters. The molecule has 1 heterocycles. The Hall–Kier alpha value is -1.80. The first-order valence-electron chi connectivity index (χ1n) is 7.43. The molecule has 0 aromatic carbocycles. The average Bonchev–Trinajstić information content (AvgIpc) is 2.51. The van der Waals surface area contributed by atoms with E-state index in [9.17, 15) is 14.1 Å². The molecule has 0 spiro atoms. The molecular formula is C15H24N4O3S. The Kier molecular flexibility index (Phi) is 7.84. The van der Waals surface area contributed by atoms with Gasteiger partial charge in [-0.1, -0.05) is 6.92 Å². The molecule has 0 aliphatic carbocycles. The molecular weight excluding hydrogens is 316 g/mol. The van der Waals surface area contributed by atoms with E-state index < -0.39 is 10.8 Å². The SMILES string of the molecule is CCCS(=O)C(CCO)=C(C)N(C=O)Cc1cnc(C)nc1N. The lowest BCUT2D eigenvalue weighted by molar-refractivity contribution is -0.116. The second kappa shape index (κ2) is 9.36. The lowest BCUT2D eigenvalue weighted by Crippen LogP contribution is -2.23. The van der Waals surface area contributed by atoms with Crippen LogP contribution in [-0.4, -0.2) is 43.0 Å². The topological polar surface area (TPSA) is 109 Å². The number of aryl methyl sites for hydroxylation is 1. The maximum absolute atomic E-state index is 12.3. The van der Waals surface area contributed by atoms with Crippen molar-refractivity contribution in [2.24, 2.45) is 0 Å². The van der Waals surface area contributed by atoms with Gasteiger partial charge in [0.2, 0.25) is 6.41 Å². The number of hydrogen-bond donors (Lipinski definition) is 2. The van der Waals surface area contributed by atoms with Crippen LogP contribution >= 0.6 is 0 Å². The van der Waals surface area contributed by atoms with E-state index in [1.807, 2.05) is 6.92 Å². The number of hydrogen-bond acceptors (Lipinski definition) is 6. The summed E-state index contributed by atoms with van der Waals surface area (Å²) in [5.41, 5.74) is 7.04. The number of aromatic nitrogens is 2. The van der Waals surface area contributed by atoms with Crippen LogP contribution in [0.25, 0.3) is 0 Å². The van der Waals surface area contributed by atoms with Gasteiger partial charge in [-0.25, -0.2) is 9.97 Å². The zero-order chi connectivity index (χ0) is 17.4. The van der Waals surface area contributed by atoms with E-state index in [-0.39, 0.29) is 19.6 Å². The van der Waals surface area contributed by atoms with Crippen molar-refractivity contribution in [2.45, 2.75) is 40.2 Å². The van der Waals surface area contributed by atoms with Crippen LogP contribution in [0.1, 0.15) is 38.1 Å². The highest BCUT2D eigenvalue weighted by Gasteiger charge is 2.17. The van der Waals surface area contributed by atoms with E-state index in [1.165, 1.54) is 4.90 Å². The number of aliphatic hydroxyl groups is 1. The van der Waals surface area contributed by atoms with Gasteiger partial charge in [-0.05, 0) is 20.3 Å². The molecule has 1 amide bonds. The predicted octanol–water partition coefficient (Wildman–Crippen LogP) is 1.10. The second-order valence-electron chi connectivity index (χ2n) is 5.09. The van der Waals surface area contributed by atoms with Crippen molar-refractivity contribution in [3.05, 3.63) is 28.2 Å². The maximum atomic E-state index is 12.3. The number of carbonyl (C=O) groups is 1. The van der Waals surface area contributed by atoms with E-state index in [4.69, 9.17) is 5.73 Å². The standard InChI is InChI=1S/C15H24N4O3S/c1-4-7-23(22)14(5-6-20)11(2)19(10-21)9-13-8-17-12(3)18-15(13)16/h8,10,20H,4-7,9H2,1-3H3,(H2,16,17,18). The van der Waals surface area contributed by atoms with Crippen molar-refractivity contribution in [1.29, 1.82) is 0 Å². The van der Waals surface area contributed by atoms with E-state index in [0.717, 1.165) is 6.42 Å². The van der Waals surface area contributed by atoms with Gasteiger partial charge in [0.15, 0.2) is 0 Å². The first kappa shape index (κ1) is 19.2. The van der Waals surface area contributed by atoms with Gasteiger partial charge in [0.1, 0.15) is 11.6 Å². The van der Waals surface area contributed by atoms with Gasteiger partial charge in [0.25, 0.3) is 0 Å². The molecule has 0 aliphatic rings. The highest BCUT2D eigenvalue weighted by molar-refractivity contribution is 7.89. The first-order chi connectivity index (χ1) is 10.9. The summed E-state index contributed by atoms with van der Waals surface area (Å²) in [6.45, 7) is 5.46. The number of anilines is 1. The quantitative estimate of drug-likeness (QED) is 0.651. The largest absolute Gasteiger partial charge is 0.396 e. The monoisotopic (exact) mass is 340 g/mol. The summed E-state index contributed by atoms with van der Waals surface area (Å²) in [5, 5.41) is 9.21. The first-order valence-corrected chi connectivity index (χ1v) is 8.75. The molecule has 1 aromatic rings. The molecule has 0 radical (unpaired) electrons. The average molecular weight is 340 g/mol. The van der Waals surface area contributed by atoms with Crippen LogP contribution in [0.3, 0.4) is 0 Å². The second-order valence-corrected chi connectivity index (χ2v) is 6.68. The lowest BCUT2D eigenvalue weighted by Gasteiger charge is -2.22. The van der Waals surface area contributed by atoms with E-state index >= 15 is 0 Å². The fraction of sp³-hybridized carbons (Fsp3) is 0.533. The molecule has 23 heavy (non-hydrogen) atoms. The number of nitrogens with two attached hydrogens (primary N) is 1. The van der Waals surface area contributed by atoms with Gasteiger partial charge in [-0.2, -0.15) is 0 Å². The Morgan fingerprint density at radius 2 is 2.22 bits per heavy atom. The number of allylic oxidation sites excluding steroid dienone is 1. The predicted molar refractivity (Wildman–Crippen MR) is 90.5 cm³/mol. The smallest absolute Gasteiger partial charge is 0.214 e. The van der Waals surface area contributed by atoms with Crippen LogP contribution in [0, 0.1) is 6.92 Å². The van der Waals surface area contributed by atoms with Crippen molar-refractivity contribution in [2.75, 3.05) is 18.1 Å². The lowest BCUT2D eigenvalue weighted by atomic mass is 10.2. The number of aliphatic hydroxyl groups excluding tert-OH is 1. The highest BCUT2D eigenvalue weighted by atomic mass is 32.2. The minimum Gasteiger partial charge on any atom is -0.396 e. The number of amides is 1. The summed E-state index contributed by atoms with van der Waals surface area (Å²) in [4.78, 5) is 21.6. The van der Waals surface area contributed by atoms with Crippen molar-refractivity contribution >= 4 is 23.0 Å². The third-order valence-corrected chi connectivity index (χ3v) is 5.15. The number of carbonyl (C=O) groups excluding carboxylic acids is 1. The third kappa shape index (κ3) is 5.40. The van der Waals surface area contributed by atoms with Crippen molar-refractivity contribution < 1.29 is 14.1 Å². The summed E-state index contributed by atoms with van der Waals surface area (Å²) in [5.74, 6) is 1.37. The van der Waals surface area contributed by atoms with Crippen molar-refractivity contribution in [1.82, 2.24) is 14.9 Å². The molecule has 0 saturated heterocycles. The van der Waals surface area contributed by atoms with Crippen LogP contribution in [-0.2, 0) is 22.1 Å². The van der Waals surface area contributed by atoms with Crippen LogP contribution in [0.5, 0.6) is 0 Å². The fourth-order valence-corrected chi connectivity index (χ4v) is 3.47. The minimum absolute atomic E-state index is 0.120. The third-order valence-electron chi connectivity index (χ3n) is 3.32. The molecule has 0 saturated carbocycles. The Labute approximate surface area is 139 Å². The summed E-state index contributed by atoms with van der Waals surface area (Å²) in [6, 6.07) is 0. The minimum atomic E-state index is -1.22. The molecule has 0 fully saturated rings. The maximum Gasteiger partial charge on any atom is 0.214 e. The summed E-state index contributed by atoms with van der Waals surface area (Å²) in [7, 11) is -1.22. The Morgan fingerprint density at radius 3 is 2.74 bits per heavy atom. The van der Waals surface area contributed by atoms with Crippen LogP contribution in [0.2, 0.25) is 0 Å². The molecule has 7 nitrogen and oxygen atoms in total.